The number of rotatable bonds is 6. The highest BCUT2D eigenvalue weighted by atomic mass is 79.9. The number of ether oxygens (including phenoxy) is 1. The Kier molecular flexibility index (Phi) is 5.73. The van der Waals surface area contributed by atoms with Crippen LogP contribution in [0.2, 0.25) is 0 Å². The molecule has 8 heteroatoms. The third-order valence-corrected chi connectivity index (χ3v) is 5.42. The summed E-state index contributed by atoms with van der Waals surface area (Å²) < 4.78 is 8.36. The highest BCUT2D eigenvalue weighted by Crippen LogP contribution is 2.25. The Bertz CT molecular complexity index is 1140. The molecule has 0 spiro atoms. The van der Waals surface area contributed by atoms with Crippen LogP contribution in [-0.4, -0.2) is 20.7 Å². The molecule has 0 unspecified atom stereocenters. The van der Waals surface area contributed by atoms with Crippen molar-refractivity contribution in [3.05, 3.63) is 87.0 Å². The molecule has 146 valence electrons. The Balaban J connectivity index is 1.51. The van der Waals surface area contributed by atoms with Gasteiger partial charge in [0.05, 0.1) is 22.1 Å². The lowest BCUT2D eigenvalue weighted by Crippen LogP contribution is -2.14. The van der Waals surface area contributed by atoms with Crippen molar-refractivity contribution in [2.45, 2.75) is 13.5 Å². The SMILES string of the molecule is Cc1nc(COc2cccc(C(=O)Nc3cc(Br)ccc3-n3cccn3)c2)cs1. The molecule has 0 radical (unpaired) electrons. The minimum absolute atomic E-state index is 0.230. The number of carbonyl (C=O) groups excluding carboxylic acids is 1. The number of hydrogen-bond acceptors (Lipinski definition) is 5. The predicted octanol–water partition coefficient (Wildman–Crippen LogP) is 5.23. The van der Waals surface area contributed by atoms with Gasteiger partial charge in [0.25, 0.3) is 5.91 Å². The fourth-order valence-corrected chi connectivity index (χ4v) is 3.73. The van der Waals surface area contributed by atoms with Gasteiger partial charge in [0, 0.05) is 27.8 Å². The first-order chi connectivity index (χ1) is 14.1. The quantitative estimate of drug-likeness (QED) is 0.420. The second kappa shape index (κ2) is 8.59. The van der Waals surface area contributed by atoms with Crippen LogP contribution in [0.5, 0.6) is 5.75 Å². The Morgan fingerprint density at radius 3 is 2.90 bits per heavy atom. The zero-order valence-electron chi connectivity index (χ0n) is 15.5. The van der Waals surface area contributed by atoms with E-state index in [1.165, 1.54) is 0 Å². The Labute approximate surface area is 180 Å². The summed E-state index contributed by atoms with van der Waals surface area (Å²) in [7, 11) is 0. The molecule has 1 N–H and O–H groups in total. The summed E-state index contributed by atoms with van der Waals surface area (Å²) in [5, 5.41) is 10.2. The molecule has 0 aliphatic heterocycles. The highest BCUT2D eigenvalue weighted by molar-refractivity contribution is 9.10. The number of aryl methyl sites for hydroxylation is 1. The van der Waals surface area contributed by atoms with Crippen molar-refractivity contribution in [3.63, 3.8) is 0 Å². The number of halogens is 1. The number of amides is 1. The van der Waals surface area contributed by atoms with Gasteiger partial charge in [-0.25, -0.2) is 9.67 Å². The van der Waals surface area contributed by atoms with Crippen LogP contribution in [0, 0.1) is 6.92 Å². The molecule has 0 saturated carbocycles. The molecular formula is C21H17BrN4O2S. The number of nitrogens with zero attached hydrogens (tertiary/aromatic N) is 3. The largest absolute Gasteiger partial charge is 0.487 e. The summed E-state index contributed by atoms with van der Waals surface area (Å²) in [5.41, 5.74) is 2.80. The van der Waals surface area contributed by atoms with Crippen molar-refractivity contribution in [1.29, 1.82) is 0 Å². The van der Waals surface area contributed by atoms with Gasteiger partial charge in [0.15, 0.2) is 0 Å². The first-order valence-corrected chi connectivity index (χ1v) is 10.5. The summed E-state index contributed by atoms with van der Waals surface area (Å²) in [4.78, 5) is 17.2. The number of hydrogen-bond donors (Lipinski definition) is 1. The molecule has 29 heavy (non-hydrogen) atoms. The van der Waals surface area contributed by atoms with Crippen LogP contribution in [0.1, 0.15) is 21.1 Å². The average Bonchev–Trinajstić information content (AvgIpc) is 3.39. The fraction of sp³-hybridized carbons (Fsp3) is 0.0952. The van der Waals surface area contributed by atoms with E-state index in [1.54, 1.807) is 40.4 Å². The first-order valence-electron chi connectivity index (χ1n) is 8.83. The summed E-state index contributed by atoms with van der Waals surface area (Å²) in [6.07, 6.45) is 3.52. The molecule has 4 rings (SSSR count). The van der Waals surface area contributed by atoms with Gasteiger partial charge < -0.3 is 10.1 Å². The molecule has 0 bridgehead atoms. The monoisotopic (exact) mass is 468 g/mol. The van der Waals surface area contributed by atoms with Gasteiger partial charge in [-0.1, -0.05) is 22.0 Å². The van der Waals surface area contributed by atoms with Crippen molar-refractivity contribution in [2.75, 3.05) is 5.32 Å². The van der Waals surface area contributed by atoms with E-state index in [9.17, 15) is 4.79 Å². The van der Waals surface area contributed by atoms with E-state index in [4.69, 9.17) is 4.74 Å². The molecule has 4 aromatic rings. The average molecular weight is 469 g/mol. The molecule has 0 atom stereocenters. The van der Waals surface area contributed by atoms with Gasteiger partial charge in [-0.05, 0) is 49.4 Å². The number of benzene rings is 2. The molecule has 1 amide bonds. The number of thiazole rings is 1. The third kappa shape index (κ3) is 4.72. The van der Waals surface area contributed by atoms with E-state index in [2.05, 4.69) is 31.3 Å². The number of nitrogens with one attached hydrogen (secondary N) is 1. The molecule has 0 aliphatic carbocycles. The summed E-state index contributed by atoms with van der Waals surface area (Å²) in [6, 6.07) is 14.6. The van der Waals surface area contributed by atoms with Crippen LogP contribution < -0.4 is 10.1 Å². The molecule has 2 aromatic carbocycles. The Morgan fingerprint density at radius 2 is 2.14 bits per heavy atom. The van der Waals surface area contributed by atoms with Crippen LogP contribution in [0.3, 0.4) is 0 Å². The van der Waals surface area contributed by atoms with E-state index in [-0.39, 0.29) is 5.91 Å². The van der Waals surface area contributed by atoms with Crippen molar-refractivity contribution < 1.29 is 9.53 Å². The minimum Gasteiger partial charge on any atom is -0.487 e. The third-order valence-electron chi connectivity index (χ3n) is 4.11. The molecule has 0 fully saturated rings. The lowest BCUT2D eigenvalue weighted by Gasteiger charge is -2.12. The smallest absolute Gasteiger partial charge is 0.255 e. The lowest BCUT2D eigenvalue weighted by atomic mass is 10.2. The van der Waals surface area contributed by atoms with E-state index >= 15 is 0 Å². The van der Waals surface area contributed by atoms with E-state index in [0.29, 0.717) is 23.6 Å². The molecular weight excluding hydrogens is 452 g/mol. The van der Waals surface area contributed by atoms with Gasteiger partial charge >= 0.3 is 0 Å². The summed E-state index contributed by atoms with van der Waals surface area (Å²) >= 11 is 5.04. The normalized spacial score (nSPS) is 10.7. The minimum atomic E-state index is -0.230. The van der Waals surface area contributed by atoms with Crippen molar-refractivity contribution in [2.24, 2.45) is 0 Å². The van der Waals surface area contributed by atoms with Crippen molar-refractivity contribution in [1.82, 2.24) is 14.8 Å². The van der Waals surface area contributed by atoms with Gasteiger partial charge in [-0.2, -0.15) is 5.10 Å². The zero-order valence-corrected chi connectivity index (χ0v) is 17.9. The topological polar surface area (TPSA) is 69.0 Å². The summed E-state index contributed by atoms with van der Waals surface area (Å²) in [6.45, 7) is 2.32. The maximum Gasteiger partial charge on any atom is 0.255 e. The van der Waals surface area contributed by atoms with E-state index in [0.717, 1.165) is 20.9 Å². The molecule has 6 nitrogen and oxygen atoms in total. The second-order valence-electron chi connectivity index (χ2n) is 6.24. The Hall–Kier alpha value is -2.97. The molecule has 2 aromatic heterocycles. The van der Waals surface area contributed by atoms with Crippen LogP contribution >= 0.6 is 27.3 Å². The standard InChI is InChI=1S/C21H17BrN4O2S/c1-14-24-17(13-29-14)12-28-18-5-2-4-15(10-18)21(27)25-19-11-16(22)6-7-20(19)26-9-3-8-23-26/h2-11,13H,12H2,1H3,(H,25,27). The van der Waals surface area contributed by atoms with E-state index < -0.39 is 0 Å². The number of aromatic nitrogens is 3. The summed E-state index contributed by atoms with van der Waals surface area (Å²) in [5.74, 6) is 0.385. The van der Waals surface area contributed by atoms with Crippen molar-refractivity contribution in [3.8, 4) is 11.4 Å². The molecule has 0 saturated heterocycles. The number of carbonyl (C=O) groups is 1. The Morgan fingerprint density at radius 1 is 1.24 bits per heavy atom. The van der Waals surface area contributed by atoms with Crippen LogP contribution in [0.15, 0.2) is 70.8 Å². The predicted molar refractivity (Wildman–Crippen MR) is 117 cm³/mol. The van der Waals surface area contributed by atoms with Gasteiger partial charge in [-0.3, -0.25) is 4.79 Å². The second-order valence-corrected chi connectivity index (χ2v) is 8.22. The fourth-order valence-electron chi connectivity index (χ4n) is 2.77. The molecule has 0 aliphatic rings. The number of anilines is 1. The molecule has 2 heterocycles. The van der Waals surface area contributed by atoms with Crippen LogP contribution in [-0.2, 0) is 6.61 Å². The van der Waals surface area contributed by atoms with Gasteiger partial charge in [0.1, 0.15) is 12.4 Å². The zero-order chi connectivity index (χ0) is 20.2. The highest BCUT2D eigenvalue weighted by Gasteiger charge is 2.12. The lowest BCUT2D eigenvalue weighted by molar-refractivity contribution is 0.102. The van der Waals surface area contributed by atoms with Crippen LogP contribution in [0.4, 0.5) is 5.69 Å². The van der Waals surface area contributed by atoms with Gasteiger partial charge in [-0.15, -0.1) is 11.3 Å². The maximum atomic E-state index is 12.9. The maximum absolute atomic E-state index is 12.9. The van der Waals surface area contributed by atoms with Crippen LogP contribution in [0.25, 0.3) is 5.69 Å². The van der Waals surface area contributed by atoms with E-state index in [1.807, 2.05) is 48.8 Å². The van der Waals surface area contributed by atoms with Crippen molar-refractivity contribution >= 4 is 38.9 Å². The van der Waals surface area contributed by atoms with Gasteiger partial charge in [0.2, 0.25) is 0 Å². The first kappa shape index (κ1) is 19.4.